The lowest BCUT2D eigenvalue weighted by molar-refractivity contribution is -0.118. The molecule has 1 N–H and O–H groups in total. The number of rotatable bonds is 5. The predicted octanol–water partition coefficient (Wildman–Crippen LogP) is 3.76. The Balaban J connectivity index is 1.66. The van der Waals surface area contributed by atoms with Crippen LogP contribution in [-0.4, -0.2) is 32.6 Å². The van der Waals surface area contributed by atoms with E-state index in [1.54, 1.807) is 4.68 Å². The van der Waals surface area contributed by atoms with E-state index >= 15 is 0 Å². The van der Waals surface area contributed by atoms with Gasteiger partial charge in [-0.3, -0.25) is 4.79 Å². The number of nitrogens with one attached hydrogen (secondary N) is 1. The number of hydrogen-bond acceptors (Lipinski definition) is 6. The van der Waals surface area contributed by atoms with Crippen molar-refractivity contribution in [3.63, 3.8) is 0 Å². The molecule has 0 radical (unpaired) electrons. The number of fused-ring (bicyclic) bond motifs is 1. The van der Waals surface area contributed by atoms with E-state index in [0.717, 1.165) is 35.4 Å². The minimum Gasteiger partial charge on any atom is -0.494 e. The molecule has 4 rings (SSSR count). The van der Waals surface area contributed by atoms with Crippen LogP contribution < -0.4 is 10.1 Å². The van der Waals surface area contributed by atoms with Crippen LogP contribution in [0.25, 0.3) is 0 Å². The molecule has 1 aliphatic carbocycles. The Morgan fingerprint density at radius 2 is 2.00 bits per heavy atom. The smallest absolute Gasteiger partial charge is 0.248 e. The molecule has 0 fully saturated rings. The first-order valence-corrected chi connectivity index (χ1v) is 9.88. The minimum atomic E-state index is -0.311. The highest BCUT2D eigenvalue weighted by atomic mass is 16.5. The Morgan fingerprint density at radius 3 is 2.71 bits per heavy atom. The van der Waals surface area contributed by atoms with Crippen molar-refractivity contribution < 1.29 is 9.53 Å². The number of allylic oxidation sites excluding steroid dienone is 2. The maximum absolute atomic E-state index is 13.0. The van der Waals surface area contributed by atoms with Crippen molar-refractivity contribution in [3.05, 3.63) is 41.1 Å². The largest absolute Gasteiger partial charge is 0.494 e. The van der Waals surface area contributed by atoms with Gasteiger partial charge < -0.3 is 10.1 Å². The monoisotopic (exact) mass is 381 g/mol. The minimum absolute atomic E-state index is 0.0722. The summed E-state index contributed by atoms with van der Waals surface area (Å²) in [5.41, 5.74) is 2.61. The fourth-order valence-corrected chi connectivity index (χ4v) is 3.94. The first-order valence-electron chi connectivity index (χ1n) is 9.88. The lowest BCUT2D eigenvalue weighted by Gasteiger charge is -2.37. The first-order chi connectivity index (χ1) is 13.3. The zero-order valence-corrected chi connectivity index (χ0v) is 16.9. The van der Waals surface area contributed by atoms with Crippen molar-refractivity contribution in [1.29, 1.82) is 0 Å². The van der Waals surface area contributed by atoms with Crippen molar-refractivity contribution in [2.75, 3.05) is 11.9 Å². The van der Waals surface area contributed by atoms with Gasteiger partial charge in [0.05, 0.1) is 6.61 Å². The molecule has 2 aliphatic rings. The molecule has 7 nitrogen and oxygen atoms in total. The van der Waals surface area contributed by atoms with Crippen LogP contribution in [0.4, 0.5) is 5.95 Å². The molecule has 0 amide bonds. The average molecular weight is 381 g/mol. The van der Waals surface area contributed by atoms with E-state index in [0.29, 0.717) is 24.9 Å². The molecule has 1 unspecified atom stereocenters. The van der Waals surface area contributed by atoms with Gasteiger partial charge in [0.15, 0.2) is 5.78 Å². The number of nitrogens with zero attached hydrogens (tertiary/aromatic N) is 4. The van der Waals surface area contributed by atoms with Gasteiger partial charge >= 0.3 is 0 Å². The molecule has 1 aromatic carbocycles. The Bertz CT molecular complexity index is 911. The third-order valence-corrected chi connectivity index (χ3v) is 5.35. The summed E-state index contributed by atoms with van der Waals surface area (Å²) in [6.45, 7) is 9.30. The lowest BCUT2D eigenvalue weighted by atomic mass is 9.73. The number of Topliss-reactive ketones (excluding diaryl/α,β-unsaturated/α-hetero) is 1. The molecule has 0 spiro atoms. The van der Waals surface area contributed by atoms with Crippen LogP contribution in [0.15, 0.2) is 35.5 Å². The van der Waals surface area contributed by atoms with E-state index in [9.17, 15) is 4.79 Å². The van der Waals surface area contributed by atoms with Gasteiger partial charge in [-0.1, -0.05) is 44.9 Å². The maximum atomic E-state index is 13.0. The van der Waals surface area contributed by atoms with Crippen LogP contribution in [0.1, 0.15) is 58.6 Å². The normalized spacial score (nSPS) is 20.6. The number of carbonyl (C=O) groups is 1. The van der Waals surface area contributed by atoms with Gasteiger partial charge in [0.2, 0.25) is 5.95 Å². The molecule has 7 heteroatoms. The number of aromatic nitrogens is 4. The molecule has 28 heavy (non-hydrogen) atoms. The van der Waals surface area contributed by atoms with Gasteiger partial charge in [0.25, 0.3) is 0 Å². The van der Waals surface area contributed by atoms with Gasteiger partial charge in [-0.05, 0) is 52.3 Å². The summed E-state index contributed by atoms with van der Waals surface area (Å²) >= 11 is 0. The summed E-state index contributed by atoms with van der Waals surface area (Å²) in [6.07, 6.45) is 2.34. The van der Waals surface area contributed by atoms with Crippen LogP contribution in [-0.2, 0) is 4.79 Å². The quantitative estimate of drug-likeness (QED) is 0.849. The number of hydrogen-bond donors (Lipinski definition) is 1. The molecule has 0 bridgehead atoms. The van der Waals surface area contributed by atoms with Gasteiger partial charge in [-0.15, -0.1) is 0 Å². The summed E-state index contributed by atoms with van der Waals surface area (Å²) in [6, 6.07) is 7.61. The standard InChI is InChI=1S/C21H27N5O2/c1-13(2)9-10-28-15-7-5-14(6-8-15)19-18-16(11-21(3,4)12-17(18)27)22-20-23-24-25-26(19)20/h5-8,13,19H,9-12H2,1-4H3,(H,22,23,25). The highest BCUT2D eigenvalue weighted by Crippen LogP contribution is 2.45. The van der Waals surface area contributed by atoms with Crippen LogP contribution in [0.3, 0.4) is 0 Å². The molecule has 0 saturated carbocycles. The highest BCUT2D eigenvalue weighted by molar-refractivity contribution is 6.00. The molecule has 0 saturated heterocycles. The SMILES string of the molecule is CC(C)CCOc1ccc(C2C3=C(CC(C)(C)CC3=O)Nc3nnnn32)cc1. The average Bonchev–Trinajstić information content (AvgIpc) is 3.07. The number of ether oxygens (including phenoxy) is 1. The van der Waals surface area contributed by atoms with E-state index in [2.05, 4.69) is 48.5 Å². The molecule has 148 valence electrons. The summed E-state index contributed by atoms with van der Waals surface area (Å²) in [5.74, 6) is 2.17. The van der Waals surface area contributed by atoms with Gasteiger partial charge in [-0.25, -0.2) is 0 Å². The zero-order chi connectivity index (χ0) is 19.9. The molecule has 1 aliphatic heterocycles. The van der Waals surface area contributed by atoms with Crippen molar-refractivity contribution in [1.82, 2.24) is 20.2 Å². The van der Waals surface area contributed by atoms with Gasteiger partial charge in [-0.2, -0.15) is 4.68 Å². The van der Waals surface area contributed by atoms with E-state index in [1.807, 2.05) is 24.3 Å². The van der Waals surface area contributed by atoms with Crippen molar-refractivity contribution in [2.24, 2.45) is 11.3 Å². The zero-order valence-electron chi connectivity index (χ0n) is 16.9. The highest BCUT2D eigenvalue weighted by Gasteiger charge is 2.41. The Kier molecular flexibility index (Phi) is 4.69. The van der Waals surface area contributed by atoms with Crippen molar-refractivity contribution in [2.45, 2.75) is 53.0 Å². The number of ketones is 1. The van der Waals surface area contributed by atoms with Crippen LogP contribution in [0, 0.1) is 11.3 Å². The second-order valence-electron chi connectivity index (χ2n) is 8.91. The van der Waals surface area contributed by atoms with Crippen molar-refractivity contribution in [3.8, 4) is 5.75 Å². The number of carbonyl (C=O) groups excluding carboxylic acids is 1. The molecule has 1 atom stereocenters. The van der Waals surface area contributed by atoms with E-state index < -0.39 is 0 Å². The molecular formula is C21H27N5O2. The van der Waals surface area contributed by atoms with Crippen LogP contribution in [0.5, 0.6) is 5.75 Å². The third kappa shape index (κ3) is 3.53. The molecule has 2 heterocycles. The van der Waals surface area contributed by atoms with Gasteiger partial charge in [0, 0.05) is 17.7 Å². The number of benzene rings is 1. The third-order valence-electron chi connectivity index (χ3n) is 5.35. The number of tetrazole rings is 1. The summed E-state index contributed by atoms with van der Waals surface area (Å²) in [7, 11) is 0. The maximum Gasteiger partial charge on any atom is 0.248 e. The lowest BCUT2D eigenvalue weighted by Crippen LogP contribution is -2.36. The first kappa shape index (κ1) is 18.7. The van der Waals surface area contributed by atoms with Crippen LogP contribution >= 0.6 is 0 Å². The number of anilines is 1. The van der Waals surface area contributed by atoms with E-state index in [4.69, 9.17) is 4.74 Å². The Hall–Kier alpha value is -2.70. The summed E-state index contributed by atoms with van der Waals surface area (Å²) in [4.78, 5) is 13.0. The topological polar surface area (TPSA) is 81.9 Å². The second-order valence-corrected chi connectivity index (χ2v) is 8.91. The van der Waals surface area contributed by atoms with E-state index in [1.165, 1.54) is 0 Å². The summed E-state index contributed by atoms with van der Waals surface area (Å²) < 4.78 is 7.53. The molecular weight excluding hydrogens is 354 g/mol. The summed E-state index contributed by atoms with van der Waals surface area (Å²) in [5, 5.41) is 15.3. The van der Waals surface area contributed by atoms with Gasteiger partial charge in [0.1, 0.15) is 11.8 Å². The Morgan fingerprint density at radius 1 is 1.25 bits per heavy atom. The molecule has 1 aromatic heterocycles. The Labute approximate surface area is 165 Å². The second kappa shape index (κ2) is 7.04. The van der Waals surface area contributed by atoms with Crippen molar-refractivity contribution >= 4 is 11.7 Å². The fourth-order valence-electron chi connectivity index (χ4n) is 3.94. The van der Waals surface area contributed by atoms with Crippen LogP contribution in [0.2, 0.25) is 0 Å². The predicted molar refractivity (Wildman–Crippen MR) is 106 cm³/mol. The fraction of sp³-hybridized carbons (Fsp3) is 0.524. The molecule has 2 aromatic rings. The van der Waals surface area contributed by atoms with E-state index in [-0.39, 0.29) is 17.2 Å².